The van der Waals surface area contributed by atoms with Crippen LogP contribution in [0.2, 0.25) is 0 Å². The third-order valence-corrected chi connectivity index (χ3v) is 3.31. The number of fused-ring (bicyclic) bond motifs is 1. The Morgan fingerprint density at radius 2 is 2.00 bits per heavy atom. The highest BCUT2D eigenvalue weighted by Gasteiger charge is 2.30. The fraction of sp³-hybridized carbons (Fsp3) is 0.267. The standard InChI is InChI=1S/C15H15N3O/c1-9(2)12-15(19)18-14(17-12)13-11-6-4-3-5-10(11)7-8-16-13/h3-9,12H,1-2H3,(H,17,18,19). The molecule has 0 bridgehead atoms. The molecule has 1 aliphatic heterocycles. The van der Waals surface area contributed by atoms with E-state index < -0.39 is 0 Å². The molecule has 1 aromatic carbocycles. The smallest absolute Gasteiger partial charge is 0.250 e. The summed E-state index contributed by atoms with van der Waals surface area (Å²) in [5.74, 6) is 0.729. The van der Waals surface area contributed by atoms with E-state index in [1.807, 2.05) is 44.2 Å². The van der Waals surface area contributed by atoms with Gasteiger partial charge in [0.2, 0.25) is 0 Å². The lowest BCUT2D eigenvalue weighted by Gasteiger charge is -2.06. The highest BCUT2D eigenvalue weighted by molar-refractivity contribution is 6.17. The highest BCUT2D eigenvalue weighted by atomic mass is 16.2. The molecule has 4 heteroatoms. The monoisotopic (exact) mass is 253 g/mol. The lowest BCUT2D eigenvalue weighted by molar-refractivity contribution is -0.120. The fourth-order valence-electron chi connectivity index (χ4n) is 2.30. The normalized spacial score (nSPS) is 18.8. The molecule has 2 aromatic rings. The van der Waals surface area contributed by atoms with E-state index >= 15 is 0 Å². The minimum absolute atomic E-state index is 0.0419. The van der Waals surface area contributed by atoms with Crippen LogP contribution in [0, 0.1) is 5.92 Å². The molecule has 96 valence electrons. The predicted molar refractivity (Wildman–Crippen MR) is 75.0 cm³/mol. The van der Waals surface area contributed by atoms with E-state index in [2.05, 4.69) is 15.3 Å². The Hall–Kier alpha value is -2.23. The second-order valence-corrected chi connectivity index (χ2v) is 5.04. The van der Waals surface area contributed by atoms with Gasteiger partial charge in [0, 0.05) is 11.6 Å². The van der Waals surface area contributed by atoms with Crippen molar-refractivity contribution in [1.82, 2.24) is 10.3 Å². The van der Waals surface area contributed by atoms with Gasteiger partial charge in [-0.05, 0) is 17.4 Å². The minimum Gasteiger partial charge on any atom is -0.307 e. The first kappa shape index (κ1) is 11.8. The number of benzene rings is 1. The number of carbonyl (C=O) groups excluding carboxylic acids is 1. The van der Waals surface area contributed by atoms with Crippen LogP contribution in [0.3, 0.4) is 0 Å². The van der Waals surface area contributed by atoms with E-state index in [0.717, 1.165) is 16.5 Å². The van der Waals surface area contributed by atoms with Gasteiger partial charge in [-0.15, -0.1) is 0 Å². The van der Waals surface area contributed by atoms with Crippen LogP contribution < -0.4 is 5.32 Å². The molecule has 4 nitrogen and oxygen atoms in total. The number of hydrogen-bond donors (Lipinski definition) is 1. The summed E-state index contributed by atoms with van der Waals surface area (Å²) in [7, 11) is 0. The fourth-order valence-corrected chi connectivity index (χ4v) is 2.30. The number of nitrogens with one attached hydrogen (secondary N) is 1. The number of aliphatic imine (C=N–C) groups is 1. The first-order valence-corrected chi connectivity index (χ1v) is 6.39. The van der Waals surface area contributed by atoms with E-state index in [9.17, 15) is 4.79 Å². The van der Waals surface area contributed by atoms with Gasteiger partial charge in [0.05, 0.1) is 0 Å². The second kappa shape index (κ2) is 4.46. The molecule has 1 atom stereocenters. The van der Waals surface area contributed by atoms with Gasteiger partial charge >= 0.3 is 0 Å². The van der Waals surface area contributed by atoms with Crippen LogP contribution in [0.1, 0.15) is 19.5 Å². The zero-order valence-corrected chi connectivity index (χ0v) is 10.9. The van der Waals surface area contributed by atoms with Crippen LogP contribution in [0.15, 0.2) is 41.5 Å². The molecular formula is C15H15N3O. The molecule has 3 rings (SSSR count). The predicted octanol–water partition coefficient (Wildman–Crippen LogP) is 2.14. The third-order valence-electron chi connectivity index (χ3n) is 3.31. The van der Waals surface area contributed by atoms with Crippen LogP contribution in [0.4, 0.5) is 0 Å². The second-order valence-electron chi connectivity index (χ2n) is 5.04. The number of amidine groups is 1. The maximum Gasteiger partial charge on any atom is 0.250 e. The molecule has 0 radical (unpaired) electrons. The molecule has 2 heterocycles. The van der Waals surface area contributed by atoms with Crippen LogP contribution in [0.5, 0.6) is 0 Å². The largest absolute Gasteiger partial charge is 0.307 e. The number of aromatic nitrogens is 1. The summed E-state index contributed by atoms with van der Waals surface area (Å²) < 4.78 is 0. The maximum absolute atomic E-state index is 11.9. The summed E-state index contributed by atoms with van der Waals surface area (Å²) in [5, 5.41) is 4.94. The Morgan fingerprint density at radius 3 is 2.74 bits per heavy atom. The van der Waals surface area contributed by atoms with Crippen molar-refractivity contribution < 1.29 is 4.79 Å². The first-order chi connectivity index (χ1) is 9.16. The number of pyridine rings is 1. The molecule has 1 amide bonds. The summed E-state index contributed by atoms with van der Waals surface area (Å²) in [5.41, 5.74) is 0.745. The number of amides is 1. The third kappa shape index (κ3) is 1.99. The van der Waals surface area contributed by atoms with Crippen LogP contribution in [-0.2, 0) is 4.79 Å². The van der Waals surface area contributed by atoms with E-state index in [4.69, 9.17) is 0 Å². The zero-order valence-electron chi connectivity index (χ0n) is 10.9. The minimum atomic E-state index is -0.309. The van der Waals surface area contributed by atoms with Crippen molar-refractivity contribution in [1.29, 1.82) is 0 Å². The quantitative estimate of drug-likeness (QED) is 0.891. The van der Waals surface area contributed by atoms with Gasteiger partial charge in [0.15, 0.2) is 5.84 Å². The van der Waals surface area contributed by atoms with Gasteiger partial charge in [-0.25, -0.2) is 0 Å². The summed E-state index contributed by atoms with van der Waals surface area (Å²) in [6.07, 6.45) is 1.75. The topological polar surface area (TPSA) is 54.4 Å². The molecule has 0 saturated carbocycles. The summed E-state index contributed by atoms with van der Waals surface area (Å²) >= 11 is 0. The lowest BCUT2D eigenvalue weighted by atomic mass is 10.1. The van der Waals surface area contributed by atoms with Crippen molar-refractivity contribution >= 4 is 22.5 Å². The summed E-state index contributed by atoms with van der Waals surface area (Å²) in [6.45, 7) is 3.99. The zero-order chi connectivity index (χ0) is 13.4. The van der Waals surface area contributed by atoms with Crippen LogP contribution >= 0.6 is 0 Å². The molecule has 0 saturated heterocycles. The Kier molecular flexibility index (Phi) is 2.78. The number of rotatable bonds is 2. The van der Waals surface area contributed by atoms with Crippen molar-refractivity contribution in [3.8, 4) is 0 Å². The van der Waals surface area contributed by atoms with E-state index in [1.165, 1.54) is 0 Å². The van der Waals surface area contributed by atoms with Crippen molar-refractivity contribution in [2.24, 2.45) is 10.9 Å². The lowest BCUT2D eigenvalue weighted by Crippen LogP contribution is -2.31. The molecular weight excluding hydrogens is 238 g/mol. The average Bonchev–Trinajstić information content (AvgIpc) is 2.80. The van der Waals surface area contributed by atoms with Gasteiger partial charge in [0.25, 0.3) is 5.91 Å². The maximum atomic E-state index is 11.9. The molecule has 19 heavy (non-hydrogen) atoms. The van der Waals surface area contributed by atoms with Crippen molar-refractivity contribution in [3.63, 3.8) is 0 Å². The van der Waals surface area contributed by atoms with E-state index in [1.54, 1.807) is 6.20 Å². The van der Waals surface area contributed by atoms with Gasteiger partial charge in [-0.1, -0.05) is 38.1 Å². The molecule has 0 spiro atoms. The van der Waals surface area contributed by atoms with Crippen LogP contribution in [0.25, 0.3) is 10.8 Å². The average molecular weight is 253 g/mol. The van der Waals surface area contributed by atoms with Gasteiger partial charge in [-0.2, -0.15) is 0 Å². The van der Waals surface area contributed by atoms with E-state index in [-0.39, 0.29) is 17.9 Å². The van der Waals surface area contributed by atoms with Crippen molar-refractivity contribution in [2.45, 2.75) is 19.9 Å². The molecule has 0 fully saturated rings. The van der Waals surface area contributed by atoms with Gasteiger partial charge < -0.3 is 5.32 Å². The van der Waals surface area contributed by atoms with Gasteiger partial charge in [0.1, 0.15) is 11.7 Å². The van der Waals surface area contributed by atoms with Crippen molar-refractivity contribution in [2.75, 3.05) is 0 Å². The number of hydrogen-bond acceptors (Lipinski definition) is 3. The van der Waals surface area contributed by atoms with Crippen LogP contribution in [-0.4, -0.2) is 22.8 Å². The Balaban J connectivity index is 2.11. The molecule has 1 aliphatic rings. The number of nitrogens with zero attached hydrogens (tertiary/aromatic N) is 2. The van der Waals surface area contributed by atoms with Gasteiger partial charge in [-0.3, -0.25) is 14.8 Å². The Bertz CT molecular complexity index is 671. The summed E-state index contributed by atoms with van der Waals surface area (Å²) in [6, 6.07) is 9.61. The summed E-state index contributed by atoms with van der Waals surface area (Å²) in [4.78, 5) is 20.7. The molecule has 1 N–H and O–H groups in total. The first-order valence-electron chi connectivity index (χ1n) is 6.39. The van der Waals surface area contributed by atoms with Crippen molar-refractivity contribution in [3.05, 3.63) is 42.2 Å². The SMILES string of the molecule is CC(C)C1N=C(c2nccc3ccccc23)NC1=O. The Labute approximate surface area is 111 Å². The Morgan fingerprint density at radius 1 is 1.21 bits per heavy atom. The number of carbonyl (C=O) groups is 1. The molecule has 0 aliphatic carbocycles. The highest BCUT2D eigenvalue weighted by Crippen LogP contribution is 2.20. The molecule has 1 unspecified atom stereocenters. The van der Waals surface area contributed by atoms with E-state index in [0.29, 0.717) is 5.84 Å². The molecule has 1 aromatic heterocycles.